The SMILES string of the molecule is CC(N)Nc1ccc2c(O)cc(S(=O)(=O)O)cc2c1. The van der Waals surface area contributed by atoms with E-state index in [0.717, 1.165) is 6.07 Å². The van der Waals surface area contributed by atoms with Gasteiger partial charge in [-0.2, -0.15) is 8.42 Å². The van der Waals surface area contributed by atoms with E-state index in [1.807, 2.05) is 0 Å². The lowest BCUT2D eigenvalue weighted by Gasteiger charge is -2.11. The van der Waals surface area contributed by atoms with Crippen molar-refractivity contribution in [1.82, 2.24) is 0 Å². The number of phenolic OH excluding ortho intramolecular Hbond substituents is 1. The Balaban J connectivity index is 2.63. The van der Waals surface area contributed by atoms with Gasteiger partial charge in [-0.3, -0.25) is 4.55 Å². The summed E-state index contributed by atoms with van der Waals surface area (Å²) in [5.74, 6) is -0.211. The van der Waals surface area contributed by atoms with Crippen LogP contribution in [0.1, 0.15) is 6.92 Å². The fraction of sp³-hybridized carbons (Fsp3) is 0.167. The molecule has 2 rings (SSSR count). The summed E-state index contributed by atoms with van der Waals surface area (Å²) in [6.07, 6.45) is -0.268. The Bertz CT molecular complexity index is 726. The van der Waals surface area contributed by atoms with Crippen LogP contribution in [-0.4, -0.2) is 24.2 Å². The van der Waals surface area contributed by atoms with Crippen molar-refractivity contribution in [2.75, 3.05) is 5.32 Å². The van der Waals surface area contributed by atoms with E-state index >= 15 is 0 Å². The summed E-state index contributed by atoms with van der Waals surface area (Å²) >= 11 is 0. The molecule has 7 heteroatoms. The Morgan fingerprint density at radius 3 is 2.53 bits per heavy atom. The number of rotatable bonds is 3. The molecule has 1 unspecified atom stereocenters. The van der Waals surface area contributed by atoms with E-state index in [4.69, 9.17) is 10.3 Å². The summed E-state index contributed by atoms with van der Waals surface area (Å²) in [7, 11) is -4.36. The quantitative estimate of drug-likeness (QED) is 0.501. The minimum Gasteiger partial charge on any atom is -0.507 e. The molecule has 2 aromatic rings. The lowest BCUT2D eigenvalue weighted by molar-refractivity contribution is 0.471. The van der Waals surface area contributed by atoms with Crippen molar-refractivity contribution in [3.8, 4) is 5.75 Å². The van der Waals surface area contributed by atoms with Crippen LogP contribution in [-0.2, 0) is 10.1 Å². The molecule has 0 bridgehead atoms. The molecule has 0 fully saturated rings. The molecule has 1 atom stereocenters. The lowest BCUT2D eigenvalue weighted by Crippen LogP contribution is -2.25. The Kier molecular flexibility index (Phi) is 3.36. The van der Waals surface area contributed by atoms with E-state index in [9.17, 15) is 13.5 Å². The first-order valence-corrected chi connectivity index (χ1v) is 6.98. The number of nitrogens with one attached hydrogen (secondary N) is 1. The first-order valence-electron chi connectivity index (χ1n) is 5.54. The Hall–Kier alpha value is -1.83. The van der Waals surface area contributed by atoms with Gasteiger partial charge in [-0.1, -0.05) is 0 Å². The number of anilines is 1. The zero-order valence-electron chi connectivity index (χ0n) is 10.2. The number of nitrogens with two attached hydrogens (primary N) is 1. The number of aromatic hydroxyl groups is 1. The number of fused-ring (bicyclic) bond motifs is 1. The van der Waals surface area contributed by atoms with Crippen LogP contribution in [0.3, 0.4) is 0 Å². The summed E-state index contributed by atoms with van der Waals surface area (Å²) in [5, 5.41) is 13.7. The van der Waals surface area contributed by atoms with Crippen LogP contribution in [0.2, 0.25) is 0 Å². The van der Waals surface area contributed by atoms with Crippen LogP contribution < -0.4 is 11.1 Å². The first kappa shape index (κ1) is 13.6. The number of phenols is 1. The second-order valence-corrected chi connectivity index (χ2v) is 5.71. The van der Waals surface area contributed by atoms with Gasteiger partial charge in [-0.05, 0) is 36.6 Å². The van der Waals surface area contributed by atoms with Crippen LogP contribution in [0, 0.1) is 0 Å². The van der Waals surface area contributed by atoms with Gasteiger partial charge >= 0.3 is 0 Å². The summed E-state index contributed by atoms with van der Waals surface area (Å²) in [6.45, 7) is 1.76. The summed E-state index contributed by atoms with van der Waals surface area (Å²) in [6, 6.07) is 7.31. The highest BCUT2D eigenvalue weighted by atomic mass is 32.2. The normalized spacial score (nSPS) is 13.4. The molecule has 2 aromatic carbocycles. The summed E-state index contributed by atoms with van der Waals surface area (Å²) in [4.78, 5) is -0.351. The van der Waals surface area contributed by atoms with E-state index in [1.165, 1.54) is 6.07 Å². The Morgan fingerprint density at radius 2 is 1.95 bits per heavy atom. The third-order valence-electron chi connectivity index (χ3n) is 2.60. The predicted molar refractivity (Wildman–Crippen MR) is 72.7 cm³/mol. The number of hydrogen-bond acceptors (Lipinski definition) is 5. The van der Waals surface area contributed by atoms with E-state index in [2.05, 4.69) is 5.32 Å². The molecule has 0 aliphatic rings. The molecule has 0 aromatic heterocycles. The molecule has 0 saturated heterocycles. The summed E-state index contributed by atoms with van der Waals surface area (Å²) in [5.41, 5.74) is 6.29. The molecule has 19 heavy (non-hydrogen) atoms. The molecule has 0 spiro atoms. The van der Waals surface area contributed by atoms with Gasteiger partial charge in [-0.15, -0.1) is 0 Å². The highest BCUT2D eigenvalue weighted by molar-refractivity contribution is 7.85. The second-order valence-electron chi connectivity index (χ2n) is 4.29. The number of hydrogen-bond donors (Lipinski definition) is 4. The predicted octanol–water partition coefficient (Wildman–Crippen LogP) is 1.51. The molecule has 102 valence electrons. The van der Waals surface area contributed by atoms with Gasteiger partial charge in [0.25, 0.3) is 10.1 Å². The monoisotopic (exact) mass is 282 g/mol. The minimum absolute atomic E-state index is 0.211. The molecule has 5 N–H and O–H groups in total. The third kappa shape index (κ3) is 2.95. The average molecular weight is 282 g/mol. The zero-order chi connectivity index (χ0) is 14.2. The van der Waals surface area contributed by atoms with Gasteiger partial charge in [0, 0.05) is 17.1 Å². The third-order valence-corrected chi connectivity index (χ3v) is 3.43. The highest BCUT2D eigenvalue weighted by Crippen LogP contribution is 2.30. The van der Waals surface area contributed by atoms with Crippen LogP contribution >= 0.6 is 0 Å². The number of benzene rings is 2. The van der Waals surface area contributed by atoms with Gasteiger partial charge in [-0.25, -0.2) is 0 Å². The van der Waals surface area contributed by atoms with E-state index in [1.54, 1.807) is 25.1 Å². The maximum absolute atomic E-state index is 11.1. The maximum atomic E-state index is 11.1. The van der Waals surface area contributed by atoms with Gasteiger partial charge in [0.15, 0.2) is 0 Å². The molecule has 0 heterocycles. The van der Waals surface area contributed by atoms with E-state index in [-0.39, 0.29) is 16.8 Å². The molecule has 0 saturated carbocycles. The van der Waals surface area contributed by atoms with Crippen LogP contribution in [0.5, 0.6) is 5.75 Å². The van der Waals surface area contributed by atoms with Crippen molar-refractivity contribution in [1.29, 1.82) is 0 Å². The van der Waals surface area contributed by atoms with Crippen molar-refractivity contribution in [3.05, 3.63) is 30.3 Å². The maximum Gasteiger partial charge on any atom is 0.294 e. The van der Waals surface area contributed by atoms with Crippen molar-refractivity contribution in [3.63, 3.8) is 0 Å². The Labute approximate surface area is 110 Å². The van der Waals surface area contributed by atoms with Crippen molar-refractivity contribution < 1.29 is 18.1 Å². The van der Waals surface area contributed by atoms with Crippen molar-refractivity contribution in [2.24, 2.45) is 5.73 Å². The molecular formula is C12H14N2O4S. The molecule has 0 aliphatic heterocycles. The van der Waals surface area contributed by atoms with E-state index in [0.29, 0.717) is 16.5 Å². The molecule has 0 amide bonds. The second kappa shape index (κ2) is 4.69. The molecular weight excluding hydrogens is 268 g/mol. The van der Waals surface area contributed by atoms with E-state index < -0.39 is 10.1 Å². The fourth-order valence-corrected chi connectivity index (χ4v) is 2.36. The lowest BCUT2D eigenvalue weighted by atomic mass is 10.1. The highest BCUT2D eigenvalue weighted by Gasteiger charge is 2.13. The largest absolute Gasteiger partial charge is 0.507 e. The molecule has 6 nitrogen and oxygen atoms in total. The van der Waals surface area contributed by atoms with Gasteiger partial charge < -0.3 is 16.2 Å². The topological polar surface area (TPSA) is 113 Å². The smallest absolute Gasteiger partial charge is 0.294 e. The first-order chi connectivity index (χ1) is 8.77. The summed E-state index contributed by atoms with van der Waals surface area (Å²) < 4.78 is 31.2. The van der Waals surface area contributed by atoms with Crippen LogP contribution in [0.15, 0.2) is 35.2 Å². The van der Waals surface area contributed by atoms with Crippen molar-refractivity contribution in [2.45, 2.75) is 18.0 Å². The standard InChI is InChI=1S/C12H14N2O4S/c1-7(13)14-9-2-3-11-8(4-9)5-10(6-12(11)15)19(16,17)18/h2-7,14-15H,13H2,1H3,(H,16,17,18). The van der Waals surface area contributed by atoms with Gasteiger partial charge in [0.1, 0.15) is 5.75 Å². The molecule has 0 aliphatic carbocycles. The molecule has 0 radical (unpaired) electrons. The van der Waals surface area contributed by atoms with Gasteiger partial charge in [0.05, 0.1) is 11.1 Å². The Morgan fingerprint density at radius 1 is 1.26 bits per heavy atom. The fourth-order valence-electron chi connectivity index (χ4n) is 1.82. The minimum atomic E-state index is -4.36. The average Bonchev–Trinajstić information content (AvgIpc) is 2.26. The van der Waals surface area contributed by atoms with Crippen LogP contribution in [0.4, 0.5) is 5.69 Å². The zero-order valence-corrected chi connectivity index (χ0v) is 11.0. The van der Waals surface area contributed by atoms with Gasteiger partial charge in [0.2, 0.25) is 0 Å². The van der Waals surface area contributed by atoms with Crippen LogP contribution in [0.25, 0.3) is 10.8 Å². The van der Waals surface area contributed by atoms with Crippen molar-refractivity contribution >= 4 is 26.6 Å².